The molecule has 1 saturated heterocycles. The first-order valence-electron chi connectivity index (χ1n) is 7.32. The van der Waals surface area contributed by atoms with Crippen molar-refractivity contribution in [2.45, 2.75) is 32.0 Å². The summed E-state index contributed by atoms with van der Waals surface area (Å²) in [6.45, 7) is 2.51. The molecule has 0 unspecified atom stereocenters. The maximum atomic E-state index is 12.0. The summed E-state index contributed by atoms with van der Waals surface area (Å²) >= 11 is 5.90. The number of nitrogens with zero attached hydrogens (tertiary/aromatic N) is 2. The minimum absolute atomic E-state index is 0.0943. The van der Waals surface area contributed by atoms with Gasteiger partial charge in [-0.05, 0) is 24.1 Å². The molecule has 2 atom stereocenters. The van der Waals surface area contributed by atoms with E-state index >= 15 is 0 Å². The number of amides is 2. The first kappa shape index (κ1) is 15.8. The van der Waals surface area contributed by atoms with Crippen LogP contribution in [-0.4, -0.2) is 28.8 Å². The molecule has 122 valence electrons. The average Bonchev–Trinajstić information content (AvgIpc) is 3.15. The van der Waals surface area contributed by atoms with Crippen LogP contribution in [0.25, 0.3) is 0 Å². The van der Waals surface area contributed by atoms with Crippen LogP contribution in [0.5, 0.6) is 0 Å². The summed E-state index contributed by atoms with van der Waals surface area (Å²) in [4.78, 5) is 16.1. The number of ether oxygens (including phenoxy) is 1. The van der Waals surface area contributed by atoms with Crippen LogP contribution in [-0.2, 0) is 11.3 Å². The number of aryl methyl sites for hydroxylation is 1. The maximum absolute atomic E-state index is 12.0. The molecule has 7 nitrogen and oxygen atoms in total. The van der Waals surface area contributed by atoms with Crippen molar-refractivity contribution in [3.05, 3.63) is 46.6 Å². The third kappa shape index (κ3) is 4.00. The highest BCUT2D eigenvalue weighted by Crippen LogP contribution is 2.29. The number of aromatic nitrogens is 2. The number of benzene rings is 1. The van der Waals surface area contributed by atoms with Crippen LogP contribution in [0, 0.1) is 6.92 Å². The van der Waals surface area contributed by atoms with E-state index in [1.165, 1.54) is 0 Å². The Bertz CT molecular complexity index is 674. The van der Waals surface area contributed by atoms with Gasteiger partial charge >= 0.3 is 6.03 Å². The molecule has 2 aromatic rings. The number of urea groups is 1. The van der Waals surface area contributed by atoms with E-state index in [1.54, 1.807) is 6.92 Å². The molecular weight excluding hydrogens is 320 g/mol. The maximum Gasteiger partial charge on any atom is 0.315 e. The molecule has 0 bridgehead atoms. The fourth-order valence-electron chi connectivity index (χ4n) is 2.51. The van der Waals surface area contributed by atoms with E-state index in [1.807, 2.05) is 24.3 Å². The smallest absolute Gasteiger partial charge is 0.315 e. The molecule has 0 saturated carbocycles. The molecule has 23 heavy (non-hydrogen) atoms. The standard InChI is InChI=1S/C15H17ClN4O3/c1-9-18-13(20-23-9)8-17-15(21)19-12-6-7-22-14(12)10-2-4-11(16)5-3-10/h2-5,12,14H,6-8H2,1H3,(H2,17,19,21)/t12-,14+/m0/s1. The Hall–Kier alpha value is -2.12. The summed E-state index contributed by atoms with van der Waals surface area (Å²) in [6.07, 6.45) is 0.576. The lowest BCUT2D eigenvalue weighted by molar-refractivity contribution is 0.0999. The monoisotopic (exact) mass is 336 g/mol. The molecule has 1 fully saturated rings. The van der Waals surface area contributed by atoms with Gasteiger partial charge in [0.2, 0.25) is 5.89 Å². The number of carbonyl (C=O) groups excluding carboxylic acids is 1. The van der Waals surface area contributed by atoms with E-state index < -0.39 is 0 Å². The predicted octanol–water partition coefficient (Wildman–Crippen LogP) is 2.36. The number of hydrogen-bond donors (Lipinski definition) is 2. The first-order chi connectivity index (χ1) is 11.1. The first-order valence-corrected chi connectivity index (χ1v) is 7.70. The zero-order chi connectivity index (χ0) is 16.2. The molecular formula is C15H17ClN4O3. The van der Waals surface area contributed by atoms with Gasteiger partial charge in [-0.1, -0.05) is 28.9 Å². The number of rotatable bonds is 4. The quantitative estimate of drug-likeness (QED) is 0.894. The van der Waals surface area contributed by atoms with Crippen molar-refractivity contribution < 1.29 is 14.1 Å². The summed E-state index contributed by atoms with van der Waals surface area (Å²) in [7, 11) is 0. The van der Waals surface area contributed by atoms with Gasteiger partial charge in [-0.25, -0.2) is 4.79 Å². The van der Waals surface area contributed by atoms with Crippen LogP contribution in [0.15, 0.2) is 28.8 Å². The lowest BCUT2D eigenvalue weighted by atomic mass is 10.0. The van der Waals surface area contributed by atoms with E-state index in [0.29, 0.717) is 23.3 Å². The van der Waals surface area contributed by atoms with Crippen molar-refractivity contribution in [1.82, 2.24) is 20.8 Å². The lowest BCUT2D eigenvalue weighted by Crippen LogP contribution is -2.43. The molecule has 3 rings (SSSR count). The third-order valence-corrected chi connectivity index (χ3v) is 3.84. The lowest BCUT2D eigenvalue weighted by Gasteiger charge is -2.20. The van der Waals surface area contributed by atoms with Gasteiger partial charge in [-0.2, -0.15) is 4.98 Å². The predicted molar refractivity (Wildman–Crippen MR) is 83.0 cm³/mol. The molecule has 1 aromatic carbocycles. The van der Waals surface area contributed by atoms with Crippen molar-refractivity contribution >= 4 is 17.6 Å². The van der Waals surface area contributed by atoms with Gasteiger partial charge in [-0.15, -0.1) is 0 Å². The number of nitrogens with one attached hydrogen (secondary N) is 2. The van der Waals surface area contributed by atoms with E-state index in [0.717, 1.165) is 12.0 Å². The van der Waals surface area contributed by atoms with E-state index in [2.05, 4.69) is 20.8 Å². The van der Waals surface area contributed by atoms with Crippen molar-refractivity contribution in [3.8, 4) is 0 Å². The highest BCUT2D eigenvalue weighted by molar-refractivity contribution is 6.30. The Kier molecular flexibility index (Phi) is 4.78. The molecule has 1 aliphatic rings. The number of carbonyl (C=O) groups is 1. The Labute approximate surface area is 138 Å². The molecule has 1 aromatic heterocycles. The van der Waals surface area contributed by atoms with Gasteiger partial charge in [0, 0.05) is 18.6 Å². The van der Waals surface area contributed by atoms with Crippen LogP contribution in [0.1, 0.15) is 29.8 Å². The fraction of sp³-hybridized carbons (Fsp3) is 0.400. The molecule has 8 heteroatoms. The summed E-state index contributed by atoms with van der Waals surface area (Å²) in [5.41, 5.74) is 0.992. The van der Waals surface area contributed by atoms with Crippen molar-refractivity contribution in [2.75, 3.05) is 6.61 Å². The van der Waals surface area contributed by atoms with Gasteiger partial charge in [0.25, 0.3) is 0 Å². The highest BCUT2D eigenvalue weighted by atomic mass is 35.5. The normalized spacial score (nSPS) is 20.4. The van der Waals surface area contributed by atoms with E-state index in [9.17, 15) is 4.79 Å². The highest BCUT2D eigenvalue weighted by Gasteiger charge is 2.30. The van der Waals surface area contributed by atoms with Crippen LogP contribution in [0.3, 0.4) is 0 Å². The minimum atomic E-state index is -0.290. The van der Waals surface area contributed by atoms with Crippen LogP contribution >= 0.6 is 11.6 Å². The molecule has 0 spiro atoms. The summed E-state index contributed by atoms with van der Waals surface area (Å²) in [5.74, 6) is 0.906. The average molecular weight is 337 g/mol. The van der Waals surface area contributed by atoms with E-state index in [4.69, 9.17) is 20.9 Å². The van der Waals surface area contributed by atoms with E-state index in [-0.39, 0.29) is 24.7 Å². The molecule has 0 aliphatic carbocycles. The van der Waals surface area contributed by atoms with Crippen LogP contribution < -0.4 is 10.6 Å². The molecule has 1 aliphatic heterocycles. The molecule has 2 N–H and O–H groups in total. The number of hydrogen-bond acceptors (Lipinski definition) is 5. The summed E-state index contributed by atoms with van der Waals surface area (Å²) in [6, 6.07) is 7.06. The Morgan fingerprint density at radius 3 is 2.87 bits per heavy atom. The second-order valence-corrected chi connectivity index (χ2v) is 5.73. The van der Waals surface area contributed by atoms with Crippen LogP contribution in [0.2, 0.25) is 5.02 Å². The SMILES string of the molecule is Cc1nc(CNC(=O)N[C@H]2CCO[C@@H]2c2ccc(Cl)cc2)no1. The fourth-order valence-corrected chi connectivity index (χ4v) is 2.64. The van der Waals surface area contributed by atoms with Gasteiger partial charge < -0.3 is 19.9 Å². The molecule has 2 amide bonds. The van der Waals surface area contributed by atoms with Crippen LogP contribution in [0.4, 0.5) is 4.79 Å². The topological polar surface area (TPSA) is 89.3 Å². The third-order valence-electron chi connectivity index (χ3n) is 3.58. The second kappa shape index (κ2) is 6.97. The van der Waals surface area contributed by atoms with Gasteiger partial charge in [-0.3, -0.25) is 0 Å². The Morgan fingerprint density at radius 1 is 1.39 bits per heavy atom. The zero-order valence-electron chi connectivity index (χ0n) is 12.6. The molecule has 2 heterocycles. The van der Waals surface area contributed by atoms with Gasteiger partial charge in [0.1, 0.15) is 6.10 Å². The van der Waals surface area contributed by atoms with Crippen molar-refractivity contribution in [3.63, 3.8) is 0 Å². The zero-order valence-corrected chi connectivity index (χ0v) is 13.3. The van der Waals surface area contributed by atoms with Gasteiger partial charge in [0.15, 0.2) is 5.82 Å². The largest absolute Gasteiger partial charge is 0.371 e. The van der Waals surface area contributed by atoms with Gasteiger partial charge in [0.05, 0.1) is 12.6 Å². The second-order valence-electron chi connectivity index (χ2n) is 5.29. The Balaban J connectivity index is 1.55. The summed E-state index contributed by atoms with van der Waals surface area (Å²) < 4.78 is 10.6. The molecule has 0 radical (unpaired) electrons. The Morgan fingerprint density at radius 2 is 2.17 bits per heavy atom. The number of halogens is 1. The minimum Gasteiger partial charge on any atom is -0.371 e. The summed E-state index contributed by atoms with van der Waals surface area (Å²) in [5, 5.41) is 10.0. The van der Waals surface area contributed by atoms with Crippen molar-refractivity contribution in [1.29, 1.82) is 0 Å². The van der Waals surface area contributed by atoms with Crippen molar-refractivity contribution in [2.24, 2.45) is 0 Å².